The van der Waals surface area contributed by atoms with E-state index >= 15 is 0 Å². The third kappa shape index (κ3) is 4.97. The van der Waals surface area contributed by atoms with Gasteiger partial charge < -0.3 is 10.2 Å². The third-order valence-electron chi connectivity index (χ3n) is 5.51. The predicted molar refractivity (Wildman–Crippen MR) is 127 cm³/mol. The van der Waals surface area contributed by atoms with Gasteiger partial charge in [0.25, 0.3) is 5.91 Å². The molecule has 1 aromatic heterocycles. The fraction of sp³-hybridized carbons (Fsp3) is 0.280. The van der Waals surface area contributed by atoms with Crippen LogP contribution in [0.1, 0.15) is 47.0 Å². The SMILES string of the molecule is CC(C)c1ccc(CN2CCCN(c3ccc(NC(=O)c4cccs4)cc3)C2=O)cc1. The van der Waals surface area contributed by atoms with Crippen LogP contribution in [0.2, 0.25) is 0 Å². The molecular formula is C25H27N3O2S. The number of amides is 3. The molecule has 0 unspecified atom stereocenters. The maximum absolute atomic E-state index is 13.1. The Morgan fingerprint density at radius 1 is 1.03 bits per heavy atom. The van der Waals surface area contributed by atoms with Gasteiger partial charge >= 0.3 is 6.03 Å². The van der Waals surface area contributed by atoms with Gasteiger partial charge in [-0.2, -0.15) is 0 Å². The molecule has 1 N–H and O–H groups in total. The second-order valence-electron chi connectivity index (χ2n) is 8.08. The number of rotatable bonds is 6. The summed E-state index contributed by atoms with van der Waals surface area (Å²) in [4.78, 5) is 29.7. The van der Waals surface area contributed by atoms with Gasteiger partial charge in [-0.3, -0.25) is 9.69 Å². The van der Waals surface area contributed by atoms with E-state index in [0.717, 1.165) is 24.2 Å². The highest BCUT2D eigenvalue weighted by atomic mass is 32.1. The Labute approximate surface area is 187 Å². The highest BCUT2D eigenvalue weighted by Gasteiger charge is 2.26. The van der Waals surface area contributed by atoms with Crippen molar-refractivity contribution >= 4 is 34.6 Å². The number of urea groups is 1. The van der Waals surface area contributed by atoms with Crippen molar-refractivity contribution in [2.45, 2.75) is 32.7 Å². The highest BCUT2D eigenvalue weighted by Crippen LogP contribution is 2.24. The van der Waals surface area contributed by atoms with Gasteiger partial charge in [0.05, 0.1) is 4.88 Å². The Hall–Kier alpha value is -3.12. The summed E-state index contributed by atoms with van der Waals surface area (Å²) in [5.41, 5.74) is 4.01. The lowest BCUT2D eigenvalue weighted by Gasteiger charge is -2.35. The molecule has 160 valence electrons. The quantitative estimate of drug-likeness (QED) is 0.522. The normalized spacial score (nSPS) is 14.2. The monoisotopic (exact) mass is 433 g/mol. The molecule has 0 spiro atoms. The largest absolute Gasteiger partial charge is 0.324 e. The third-order valence-corrected chi connectivity index (χ3v) is 6.38. The van der Waals surface area contributed by atoms with Gasteiger partial charge in [-0.15, -0.1) is 11.3 Å². The molecule has 3 aromatic rings. The Morgan fingerprint density at radius 2 is 1.77 bits per heavy atom. The lowest BCUT2D eigenvalue weighted by molar-refractivity contribution is 0.103. The molecule has 1 saturated heterocycles. The van der Waals surface area contributed by atoms with Crippen molar-refractivity contribution in [2.24, 2.45) is 0 Å². The second kappa shape index (κ2) is 9.35. The van der Waals surface area contributed by atoms with Crippen molar-refractivity contribution in [3.63, 3.8) is 0 Å². The van der Waals surface area contributed by atoms with Crippen LogP contribution in [0.5, 0.6) is 0 Å². The van der Waals surface area contributed by atoms with Crippen LogP contribution in [-0.4, -0.2) is 29.9 Å². The Balaban J connectivity index is 1.41. The van der Waals surface area contributed by atoms with Crippen molar-refractivity contribution < 1.29 is 9.59 Å². The van der Waals surface area contributed by atoms with Crippen LogP contribution in [0.25, 0.3) is 0 Å². The Bertz CT molecular complexity index is 1030. The number of hydrogen-bond donors (Lipinski definition) is 1. The van der Waals surface area contributed by atoms with Crippen LogP contribution in [0.15, 0.2) is 66.0 Å². The van der Waals surface area contributed by atoms with E-state index in [2.05, 4.69) is 43.4 Å². The summed E-state index contributed by atoms with van der Waals surface area (Å²) in [5, 5.41) is 4.78. The zero-order valence-electron chi connectivity index (χ0n) is 17.9. The van der Waals surface area contributed by atoms with E-state index in [4.69, 9.17) is 0 Å². The maximum Gasteiger partial charge on any atom is 0.324 e. The van der Waals surface area contributed by atoms with Crippen molar-refractivity contribution in [3.8, 4) is 0 Å². The first-order valence-electron chi connectivity index (χ1n) is 10.6. The molecule has 2 heterocycles. The predicted octanol–water partition coefficient (Wildman–Crippen LogP) is 5.96. The van der Waals surface area contributed by atoms with E-state index in [0.29, 0.717) is 29.6 Å². The van der Waals surface area contributed by atoms with Crippen LogP contribution < -0.4 is 10.2 Å². The Morgan fingerprint density at radius 3 is 2.42 bits per heavy atom. The van der Waals surface area contributed by atoms with Crippen molar-refractivity contribution in [3.05, 3.63) is 82.0 Å². The molecule has 1 aliphatic heterocycles. The number of thiophene rings is 1. The first-order valence-corrected chi connectivity index (χ1v) is 11.5. The Kier molecular flexibility index (Phi) is 6.37. The fourth-order valence-electron chi connectivity index (χ4n) is 3.72. The summed E-state index contributed by atoms with van der Waals surface area (Å²) in [6, 6.07) is 19.7. The van der Waals surface area contributed by atoms with Crippen LogP contribution >= 0.6 is 11.3 Å². The van der Waals surface area contributed by atoms with Gasteiger partial charge in [0.1, 0.15) is 0 Å². The average Bonchev–Trinajstić information content (AvgIpc) is 3.31. The molecule has 4 rings (SSSR count). The van der Waals surface area contributed by atoms with Crippen LogP contribution in [0.3, 0.4) is 0 Å². The van der Waals surface area contributed by atoms with E-state index in [1.807, 2.05) is 45.5 Å². The number of carbonyl (C=O) groups excluding carboxylic acids is 2. The van der Waals surface area contributed by atoms with E-state index in [9.17, 15) is 9.59 Å². The second-order valence-corrected chi connectivity index (χ2v) is 9.03. The molecule has 2 aromatic carbocycles. The summed E-state index contributed by atoms with van der Waals surface area (Å²) < 4.78 is 0. The van der Waals surface area contributed by atoms with Crippen LogP contribution in [0.4, 0.5) is 16.2 Å². The average molecular weight is 434 g/mol. The number of benzene rings is 2. The van der Waals surface area contributed by atoms with Gasteiger partial charge in [-0.1, -0.05) is 44.2 Å². The molecule has 1 fully saturated rings. The van der Waals surface area contributed by atoms with Crippen molar-refractivity contribution in [1.29, 1.82) is 0 Å². The smallest absolute Gasteiger partial charge is 0.321 e. The first kappa shape index (κ1) is 21.1. The topological polar surface area (TPSA) is 52.6 Å². The van der Waals surface area contributed by atoms with Crippen molar-refractivity contribution in [2.75, 3.05) is 23.3 Å². The van der Waals surface area contributed by atoms with Gasteiger partial charge in [0.2, 0.25) is 0 Å². The summed E-state index contributed by atoms with van der Waals surface area (Å²) >= 11 is 1.41. The molecule has 0 radical (unpaired) electrons. The van der Waals surface area contributed by atoms with E-state index < -0.39 is 0 Å². The summed E-state index contributed by atoms with van der Waals surface area (Å²) in [6.07, 6.45) is 0.923. The molecule has 3 amide bonds. The van der Waals surface area contributed by atoms with E-state index in [1.165, 1.54) is 16.9 Å². The van der Waals surface area contributed by atoms with Crippen LogP contribution in [0, 0.1) is 0 Å². The maximum atomic E-state index is 13.1. The first-order chi connectivity index (χ1) is 15.0. The minimum atomic E-state index is -0.119. The molecule has 1 aliphatic rings. The van der Waals surface area contributed by atoms with Gasteiger partial charge in [-0.25, -0.2) is 4.79 Å². The summed E-state index contributed by atoms with van der Waals surface area (Å²) in [7, 11) is 0. The number of nitrogens with zero attached hydrogens (tertiary/aromatic N) is 2. The van der Waals surface area contributed by atoms with Gasteiger partial charge in [0, 0.05) is 31.0 Å². The van der Waals surface area contributed by atoms with Gasteiger partial charge in [0.15, 0.2) is 0 Å². The molecule has 0 saturated carbocycles. The molecule has 0 aliphatic carbocycles. The number of carbonyl (C=O) groups is 2. The van der Waals surface area contributed by atoms with Crippen molar-refractivity contribution in [1.82, 2.24) is 4.90 Å². The molecule has 0 atom stereocenters. The minimum Gasteiger partial charge on any atom is -0.321 e. The van der Waals surface area contributed by atoms with E-state index in [1.54, 1.807) is 6.07 Å². The van der Waals surface area contributed by atoms with E-state index in [-0.39, 0.29) is 11.9 Å². The highest BCUT2D eigenvalue weighted by molar-refractivity contribution is 7.12. The van der Waals surface area contributed by atoms with Gasteiger partial charge in [-0.05, 0) is 59.2 Å². The molecular weight excluding hydrogens is 406 g/mol. The zero-order chi connectivity index (χ0) is 21.8. The summed E-state index contributed by atoms with van der Waals surface area (Å²) in [6.45, 7) is 6.43. The number of anilines is 2. The molecule has 0 bridgehead atoms. The summed E-state index contributed by atoms with van der Waals surface area (Å²) in [5.74, 6) is 0.380. The lowest BCUT2D eigenvalue weighted by Crippen LogP contribution is -2.49. The number of nitrogens with one attached hydrogen (secondary N) is 1. The minimum absolute atomic E-state index is 0.0227. The molecule has 31 heavy (non-hydrogen) atoms. The van der Waals surface area contributed by atoms with Crippen LogP contribution in [-0.2, 0) is 6.54 Å². The molecule has 5 nitrogen and oxygen atoms in total. The lowest BCUT2D eigenvalue weighted by atomic mass is 10.0. The zero-order valence-corrected chi connectivity index (χ0v) is 18.7. The number of hydrogen-bond acceptors (Lipinski definition) is 3. The fourth-order valence-corrected chi connectivity index (χ4v) is 4.34. The standard InChI is InChI=1S/C25H27N3O2S/c1-18(2)20-8-6-19(7-9-20)17-27-14-4-15-28(25(27)30)22-12-10-21(11-13-22)26-24(29)23-5-3-16-31-23/h3,5-13,16,18H,4,14-15,17H2,1-2H3,(H,26,29). The molecule has 6 heteroatoms.